The standard InChI is InChI=1S/C20H25NO3/c1-14-17(15-9-5-4-6-10-15)19(23)21(13-24-14)20(2,3)18(22)16-11-7-8-12-16/h4-6,9-10,16H,7-8,11-13H2,1-3H3. The molecule has 1 heterocycles. The summed E-state index contributed by atoms with van der Waals surface area (Å²) in [5.41, 5.74) is 0.523. The topological polar surface area (TPSA) is 46.6 Å². The number of amides is 1. The van der Waals surface area contributed by atoms with Gasteiger partial charge in [-0.15, -0.1) is 0 Å². The minimum absolute atomic E-state index is 0.0694. The number of ether oxygens (including phenoxy) is 1. The van der Waals surface area contributed by atoms with Crippen molar-refractivity contribution >= 4 is 17.3 Å². The fourth-order valence-electron chi connectivity index (χ4n) is 3.75. The molecular weight excluding hydrogens is 302 g/mol. The molecule has 4 nitrogen and oxygen atoms in total. The van der Waals surface area contributed by atoms with Gasteiger partial charge in [0.1, 0.15) is 5.76 Å². The van der Waals surface area contributed by atoms with E-state index in [1.807, 2.05) is 51.1 Å². The summed E-state index contributed by atoms with van der Waals surface area (Å²) in [6, 6.07) is 9.51. The van der Waals surface area contributed by atoms with Crippen LogP contribution in [0.4, 0.5) is 0 Å². The second-order valence-electron chi connectivity index (χ2n) is 7.21. The van der Waals surface area contributed by atoms with Crippen LogP contribution in [0.5, 0.6) is 0 Å². The van der Waals surface area contributed by atoms with Crippen molar-refractivity contribution in [3.8, 4) is 0 Å². The van der Waals surface area contributed by atoms with Crippen LogP contribution in [-0.4, -0.2) is 28.9 Å². The zero-order chi connectivity index (χ0) is 17.3. The summed E-state index contributed by atoms with van der Waals surface area (Å²) in [7, 11) is 0. The van der Waals surface area contributed by atoms with Gasteiger partial charge in [-0.3, -0.25) is 14.5 Å². The van der Waals surface area contributed by atoms with Gasteiger partial charge in [-0.25, -0.2) is 0 Å². The van der Waals surface area contributed by atoms with Crippen LogP contribution in [-0.2, 0) is 14.3 Å². The van der Waals surface area contributed by atoms with Crippen molar-refractivity contribution in [3.05, 3.63) is 41.7 Å². The average molecular weight is 327 g/mol. The van der Waals surface area contributed by atoms with Gasteiger partial charge in [0.05, 0.1) is 11.1 Å². The van der Waals surface area contributed by atoms with E-state index in [0.29, 0.717) is 11.3 Å². The Labute approximate surface area is 143 Å². The van der Waals surface area contributed by atoms with Crippen molar-refractivity contribution in [1.82, 2.24) is 4.90 Å². The Morgan fingerprint density at radius 1 is 1.17 bits per heavy atom. The van der Waals surface area contributed by atoms with E-state index in [1.54, 1.807) is 4.90 Å². The van der Waals surface area contributed by atoms with Crippen LogP contribution in [0.3, 0.4) is 0 Å². The molecule has 1 aromatic rings. The zero-order valence-electron chi connectivity index (χ0n) is 14.7. The number of Topliss-reactive ketones (excluding diaryl/α,β-unsaturated/α-hetero) is 1. The molecule has 0 bridgehead atoms. The van der Waals surface area contributed by atoms with Crippen LogP contribution in [0.25, 0.3) is 5.57 Å². The number of allylic oxidation sites excluding steroid dienone is 1. The van der Waals surface area contributed by atoms with Crippen LogP contribution >= 0.6 is 0 Å². The van der Waals surface area contributed by atoms with Crippen LogP contribution in [0, 0.1) is 5.92 Å². The largest absolute Gasteiger partial charge is 0.477 e. The SMILES string of the molecule is CC1=C(c2ccccc2)C(=O)N(C(C)(C)C(=O)C2CCCC2)CO1. The monoisotopic (exact) mass is 327 g/mol. The highest BCUT2D eigenvalue weighted by atomic mass is 16.5. The van der Waals surface area contributed by atoms with Crippen molar-refractivity contribution in [1.29, 1.82) is 0 Å². The van der Waals surface area contributed by atoms with Crippen LogP contribution in [0.1, 0.15) is 52.0 Å². The Bertz CT molecular complexity index is 669. The molecule has 2 aliphatic rings. The maximum atomic E-state index is 13.1. The molecule has 24 heavy (non-hydrogen) atoms. The number of rotatable bonds is 4. The molecular formula is C20H25NO3. The van der Waals surface area contributed by atoms with E-state index in [2.05, 4.69) is 0 Å². The molecule has 1 aromatic carbocycles. The fraction of sp³-hybridized carbons (Fsp3) is 0.500. The van der Waals surface area contributed by atoms with Crippen molar-refractivity contribution < 1.29 is 14.3 Å². The smallest absolute Gasteiger partial charge is 0.261 e. The number of ketones is 1. The number of carbonyl (C=O) groups is 2. The summed E-state index contributed by atoms with van der Waals surface area (Å²) in [5.74, 6) is 0.719. The lowest BCUT2D eigenvalue weighted by Gasteiger charge is -2.41. The molecule has 0 unspecified atom stereocenters. The van der Waals surface area contributed by atoms with Crippen molar-refractivity contribution in [2.45, 2.75) is 52.0 Å². The quantitative estimate of drug-likeness (QED) is 0.845. The minimum atomic E-state index is -0.854. The Morgan fingerprint density at radius 2 is 1.79 bits per heavy atom. The van der Waals surface area contributed by atoms with Crippen molar-refractivity contribution in [3.63, 3.8) is 0 Å². The average Bonchev–Trinajstić information content (AvgIpc) is 3.09. The first-order chi connectivity index (χ1) is 11.4. The zero-order valence-corrected chi connectivity index (χ0v) is 14.7. The molecule has 0 atom stereocenters. The maximum absolute atomic E-state index is 13.1. The number of carbonyl (C=O) groups excluding carboxylic acids is 2. The number of hydrogen-bond donors (Lipinski definition) is 0. The lowest BCUT2D eigenvalue weighted by atomic mass is 9.85. The van der Waals surface area contributed by atoms with Gasteiger partial charge in [0.25, 0.3) is 5.91 Å². The number of nitrogens with zero attached hydrogens (tertiary/aromatic N) is 1. The Morgan fingerprint density at radius 3 is 2.42 bits per heavy atom. The molecule has 4 heteroatoms. The Balaban J connectivity index is 1.90. The van der Waals surface area contributed by atoms with Crippen LogP contribution < -0.4 is 0 Å². The van der Waals surface area contributed by atoms with E-state index in [9.17, 15) is 9.59 Å². The summed E-state index contributed by atoms with van der Waals surface area (Å²) in [6.45, 7) is 5.63. The maximum Gasteiger partial charge on any atom is 0.261 e. The van der Waals surface area contributed by atoms with Gasteiger partial charge >= 0.3 is 0 Å². The predicted octanol–water partition coefficient (Wildman–Crippen LogP) is 3.77. The van der Waals surface area contributed by atoms with E-state index in [-0.39, 0.29) is 24.3 Å². The molecule has 1 amide bonds. The normalized spacial score (nSPS) is 19.6. The second-order valence-corrected chi connectivity index (χ2v) is 7.21. The molecule has 0 spiro atoms. The molecule has 1 fully saturated rings. The highest BCUT2D eigenvalue weighted by Crippen LogP contribution is 2.35. The van der Waals surface area contributed by atoms with E-state index in [1.165, 1.54) is 0 Å². The third-order valence-corrected chi connectivity index (χ3v) is 5.29. The Hall–Kier alpha value is -2.10. The molecule has 128 valence electrons. The molecule has 3 rings (SSSR count). The van der Waals surface area contributed by atoms with Gasteiger partial charge < -0.3 is 4.74 Å². The highest BCUT2D eigenvalue weighted by Gasteiger charge is 2.44. The van der Waals surface area contributed by atoms with E-state index in [4.69, 9.17) is 4.74 Å². The molecule has 0 saturated heterocycles. The third-order valence-electron chi connectivity index (χ3n) is 5.29. The van der Waals surface area contributed by atoms with Crippen LogP contribution in [0.2, 0.25) is 0 Å². The summed E-state index contributed by atoms with van der Waals surface area (Å²) >= 11 is 0. The molecule has 0 N–H and O–H groups in total. The first kappa shape index (κ1) is 16.7. The first-order valence-corrected chi connectivity index (χ1v) is 8.68. The molecule has 0 radical (unpaired) electrons. The lowest BCUT2D eigenvalue weighted by molar-refractivity contribution is -0.150. The molecule has 1 aliphatic heterocycles. The summed E-state index contributed by atoms with van der Waals surface area (Å²) in [5, 5.41) is 0. The highest BCUT2D eigenvalue weighted by molar-refractivity contribution is 6.21. The summed E-state index contributed by atoms with van der Waals surface area (Å²) < 4.78 is 5.76. The first-order valence-electron chi connectivity index (χ1n) is 8.68. The van der Waals surface area contributed by atoms with Gasteiger partial charge in [0.15, 0.2) is 12.5 Å². The van der Waals surface area contributed by atoms with Gasteiger partial charge in [0, 0.05) is 5.92 Å². The van der Waals surface area contributed by atoms with Crippen molar-refractivity contribution in [2.75, 3.05) is 6.73 Å². The van der Waals surface area contributed by atoms with E-state index < -0.39 is 5.54 Å². The van der Waals surface area contributed by atoms with Gasteiger partial charge in [-0.1, -0.05) is 43.2 Å². The van der Waals surface area contributed by atoms with Gasteiger partial charge in [-0.05, 0) is 39.2 Å². The number of hydrogen-bond acceptors (Lipinski definition) is 3. The fourth-order valence-corrected chi connectivity index (χ4v) is 3.75. The van der Waals surface area contributed by atoms with E-state index in [0.717, 1.165) is 31.2 Å². The van der Waals surface area contributed by atoms with Gasteiger partial charge in [-0.2, -0.15) is 0 Å². The summed E-state index contributed by atoms with van der Waals surface area (Å²) in [4.78, 5) is 27.7. The second kappa shape index (κ2) is 6.42. The van der Waals surface area contributed by atoms with Crippen molar-refractivity contribution in [2.24, 2.45) is 5.92 Å². The molecule has 1 aliphatic carbocycles. The summed E-state index contributed by atoms with van der Waals surface area (Å²) in [6.07, 6.45) is 4.08. The van der Waals surface area contributed by atoms with E-state index >= 15 is 0 Å². The molecule has 1 saturated carbocycles. The Kier molecular flexibility index (Phi) is 4.48. The predicted molar refractivity (Wildman–Crippen MR) is 92.9 cm³/mol. The lowest BCUT2D eigenvalue weighted by Crippen LogP contribution is -2.56. The number of benzene rings is 1. The van der Waals surface area contributed by atoms with Crippen LogP contribution in [0.15, 0.2) is 36.1 Å². The third kappa shape index (κ3) is 2.85. The molecule has 0 aromatic heterocycles. The minimum Gasteiger partial charge on any atom is -0.477 e. The van der Waals surface area contributed by atoms with Gasteiger partial charge in [0.2, 0.25) is 0 Å².